The number of anilines is 1. The highest BCUT2D eigenvalue weighted by Gasteiger charge is 1.99. The summed E-state index contributed by atoms with van der Waals surface area (Å²) in [6.07, 6.45) is 0.817. The van der Waals surface area contributed by atoms with Crippen molar-refractivity contribution in [2.75, 3.05) is 11.5 Å². The Bertz CT molecular complexity index is 272. The fourth-order valence-corrected chi connectivity index (χ4v) is 1.93. The van der Waals surface area contributed by atoms with Crippen molar-refractivity contribution in [1.82, 2.24) is 4.98 Å². The van der Waals surface area contributed by atoms with Gasteiger partial charge in [-0.25, -0.2) is 4.98 Å². The molecule has 0 aliphatic carbocycles. The molecule has 1 aromatic rings. The molecule has 12 heavy (non-hydrogen) atoms. The van der Waals surface area contributed by atoms with Gasteiger partial charge < -0.3 is 5.73 Å². The molecule has 3 nitrogen and oxygen atoms in total. The van der Waals surface area contributed by atoms with Crippen molar-refractivity contribution in [3.05, 3.63) is 11.1 Å². The largest absolute Gasteiger partial charge is 0.375 e. The first kappa shape index (κ1) is 9.54. The summed E-state index contributed by atoms with van der Waals surface area (Å²) in [5.74, 6) is 0.790. The van der Waals surface area contributed by atoms with E-state index in [4.69, 9.17) is 5.73 Å². The van der Waals surface area contributed by atoms with Crippen LogP contribution in [-0.2, 0) is 11.2 Å². The highest BCUT2D eigenvalue weighted by molar-refractivity contribution is 8.13. The molecule has 1 aromatic heterocycles. The predicted molar refractivity (Wildman–Crippen MR) is 53.4 cm³/mol. The Kier molecular flexibility index (Phi) is 3.55. The summed E-state index contributed by atoms with van der Waals surface area (Å²) in [7, 11) is 0. The summed E-state index contributed by atoms with van der Waals surface area (Å²) in [6, 6.07) is 0. The molecule has 1 rings (SSSR count). The lowest BCUT2D eigenvalue weighted by Gasteiger charge is -1.92. The molecule has 66 valence electrons. The number of thioether (sulfide) groups is 1. The first-order valence-corrected chi connectivity index (χ1v) is 5.38. The van der Waals surface area contributed by atoms with Gasteiger partial charge in [-0.15, -0.1) is 11.3 Å². The summed E-state index contributed by atoms with van der Waals surface area (Å²) < 4.78 is 0. The second-order valence-electron chi connectivity index (χ2n) is 2.27. The molecule has 0 spiro atoms. The monoisotopic (exact) mass is 202 g/mol. The number of hydrogen-bond acceptors (Lipinski definition) is 5. The van der Waals surface area contributed by atoms with Crippen molar-refractivity contribution < 1.29 is 4.79 Å². The maximum atomic E-state index is 10.6. The molecule has 0 aliphatic rings. The minimum atomic E-state index is 0.151. The third-order valence-electron chi connectivity index (χ3n) is 1.23. The fourth-order valence-electron chi connectivity index (χ4n) is 0.737. The Balaban J connectivity index is 2.29. The Morgan fingerprint density at radius 2 is 2.58 bits per heavy atom. The lowest BCUT2D eigenvalue weighted by Crippen LogP contribution is -1.92. The number of aromatic nitrogens is 1. The van der Waals surface area contributed by atoms with E-state index in [-0.39, 0.29) is 5.12 Å². The van der Waals surface area contributed by atoms with Crippen LogP contribution in [0.15, 0.2) is 5.38 Å². The van der Waals surface area contributed by atoms with Crippen LogP contribution in [0.25, 0.3) is 0 Å². The standard InChI is InChI=1S/C7H10N2OS2/c1-5(10)11-3-2-6-4-12-7(8)9-6/h4H,2-3H2,1H3,(H2,8,9). The fraction of sp³-hybridized carbons (Fsp3) is 0.429. The predicted octanol–water partition coefficient (Wildman–Crippen LogP) is 1.55. The summed E-state index contributed by atoms with van der Waals surface area (Å²) in [5.41, 5.74) is 6.42. The van der Waals surface area contributed by atoms with Crippen LogP contribution >= 0.6 is 23.1 Å². The number of aryl methyl sites for hydroxylation is 1. The van der Waals surface area contributed by atoms with Gasteiger partial charge in [-0.2, -0.15) is 0 Å². The number of carbonyl (C=O) groups is 1. The number of nitrogen functional groups attached to an aromatic ring is 1. The van der Waals surface area contributed by atoms with Crippen molar-refractivity contribution in [3.63, 3.8) is 0 Å². The zero-order chi connectivity index (χ0) is 8.97. The summed E-state index contributed by atoms with van der Waals surface area (Å²) in [4.78, 5) is 14.6. The summed E-state index contributed by atoms with van der Waals surface area (Å²) >= 11 is 2.76. The molecule has 0 fully saturated rings. The summed E-state index contributed by atoms with van der Waals surface area (Å²) in [5, 5.41) is 2.67. The van der Waals surface area contributed by atoms with Crippen molar-refractivity contribution in [1.29, 1.82) is 0 Å². The van der Waals surface area contributed by atoms with Crippen molar-refractivity contribution in [2.24, 2.45) is 0 Å². The maximum Gasteiger partial charge on any atom is 0.185 e. The Hall–Kier alpha value is -0.550. The normalized spacial score (nSPS) is 10.1. The van der Waals surface area contributed by atoms with Gasteiger partial charge in [0, 0.05) is 24.5 Å². The van der Waals surface area contributed by atoms with Gasteiger partial charge in [-0.3, -0.25) is 4.79 Å². The lowest BCUT2D eigenvalue weighted by molar-refractivity contribution is -0.109. The van der Waals surface area contributed by atoms with Crippen LogP contribution in [0, 0.1) is 0 Å². The highest BCUT2D eigenvalue weighted by atomic mass is 32.2. The maximum absolute atomic E-state index is 10.6. The van der Waals surface area contributed by atoms with Gasteiger partial charge in [0.05, 0.1) is 5.69 Å². The van der Waals surface area contributed by atoms with Crippen molar-refractivity contribution >= 4 is 33.3 Å². The Labute approximate surface area is 79.4 Å². The van der Waals surface area contributed by atoms with E-state index < -0.39 is 0 Å². The van der Waals surface area contributed by atoms with Crippen LogP contribution in [0.1, 0.15) is 12.6 Å². The molecule has 0 amide bonds. The second kappa shape index (κ2) is 4.47. The van der Waals surface area contributed by atoms with E-state index in [2.05, 4.69) is 4.98 Å². The first-order valence-electron chi connectivity index (χ1n) is 3.51. The van der Waals surface area contributed by atoms with E-state index in [1.165, 1.54) is 23.1 Å². The molecule has 0 unspecified atom stereocenters. The SMILES string of the molecule is CC(=O)SCCc1csc(N)n1. The molecule has 0 bridgehead atoms. The minimum Gasteiger partial charge on any atom is -0.375 e. The van der Waals surface area contributed by atoms with Crippen LogP contribution < -0.4 is 5.73 Å². The molecular formula is C7H10N2OS2. The number of nitrogens with zero attached hydrogens (tertiary/aromatic N) is 1. The van der Waals surface area contributed by atoms with E-state index in [0.29, 0.717) is 5.13 Å². The topological polar surface area (TPSA) is 56.0 Å². The Morgan fingerprint density at radius 3 is 3.08 bits per heavy atom. The number of nitrogens with two attached hydrogens (primary N) is 1. The van der Waals surface area contributed by atoms with Gasteiger partial charge in [0.2, 0.25) is 0 Å². The number of thiazole rings is 1. The van der Waals surface area contributed by atoms with Gasteiger partial charge in [-0.1, -0.05) is 11.8 Å². The lowest BCUT2D eigenvalue weighted by atomic mass is 10.4. The Morgan fingerprint density at radius 1 is 1.83 bits per heavy atom. The quantitative estimate of drug-likeness (QED) is 0.808. The van der Waals surface area contributed by atoms with E-state index in [0.717, 1.165) is 17.9 Å². The molecule has 1 heterocycles. The van der Waals surface area contributed by atoms with Crippen LogP contribution in [0.3, 0.4) is 0 Å². The van der Waals surface area contributed by atoms with E-state index in [1.54, 1.807) is 6.92 Å². The third kappa shape index (κ3) is 3.23. The number of carbonyl (C=O) groups excluding carboxylic acids is 1. The second-order valence-corrected chi connectivity index (χ2v) is 4.43. The van der Waals surface area contributed by atoms with Gasteiger partial charge in [0.25, 0.3) is 0 Å². The van der Waals surface area contributed by atoms with Gasteiger partial charge >= 0.3 is 0 Å². The third-order valence-corrected chi connectivity index (χ3v) is 2.77. The van der Waals surface area contributed by atoms with Crippen LogP contribution in [0.4, 0.5) is 5.13 Å². The van der Waals surface area contributed by atoms with Gasteiger partial charge in [-0.05, 0) is 0 Å². The van der Waals surface area contributed by atoms with E-state index in [9.17, 15) is 4.79 Å². The average molecular weight is 202 g/mol. The van der Waals surface area contributed by atoms with Crippen LogP contribution in [0.2, 0.25) is 0 Å². The smallest absolute Gasteiger partial charge is 0.185 e. The van der Waals surface area contributed by atoms with Gasteiger partial charge in [0.1, 0.15) is 0 Å². The zero-order valence-electron chi connectivity index (χ0n) is 6.74. The van der Waals surface area contributed by atoms with Crippen molar-refractivity contribution in [3.8, 4) is 0 Å². The molecular weight excluding hydrogens is 192 g/mol. The van der Waals surface area contributed by atoms with E-state index >= 15 is 0 Å². The zero-order valence-corrected chi connectivity index (χ0v) is 8.37. The first-order chi connectivity index (χ1) is 5.68. The van der Waals surface area contributed by atoms with Crippen LogP contribution in [0.5, 0.6) is 0 Å². The van der Waals surface area contributed by atoms with Crippen molar-refractivity contribution in [2.45, 2.75) is 13.3 Å². The molecule has 0 saturated heterocycles. The molecule has 0 radical (unpaired) electrons. The number of hydrogen-bond donors (Lipinski definition) is 1. The molecule has 5 heteroatoms. The molecule has 0 atom stereocenters. The molecule has 0 aromatic carbocycles. The van der Waals surface area contributed by atoms with Gasteiger partial charge in [0.15, 0.2) is 10.2 Å². The molecule has 2 N–H and O–H groups in total. The van der Waals surface area contributed by atoms with E-state index in [1.807, 2.05) is 5.38 Å². The number of rotatable bonds is 3. The highest BCUT2D eigenvalue weighted by Crippen LogP contribution is 2.13. The van der Waals surface area contributed by atoms with Crippen LogP contribution in [-0.4, -0.2) is 15.9 Å². The average Bonchev–Trinajstić information content (AvgIpc) is 2.35. The molecule has 0 aliphatic heterocycles. The molecule has 0 saturated carbocycles. The summed E-state index contributed by atoms with van der Waals surface area (Å²) in [6.45, 7) is 1.57. The minimum absolute atomic E-state index is 0.151.